The molecule has 0 spiro atoms. The van der Waals surface area contributed by atoms with Gasteiger partial charge in [-0.3, -0.25) is 9.52 Å². The van der Waals surface area contributed by atoms with Gasteiger partial charge in [-0.1, -0.05) is 30.7 Å². The zero-order valence-electron chi connectivity index (χ0n) is 16.3. The van der Waals surface area contributed by atoms with Crippen LogP contribution in [0.3, 0.4) is 0 Å². The highest BCUT2D eigenvalue weighted by molar-refractivity contribution is 7.91. The van der Waals surface area contributed by atoms with Crippen LogP contribution in [0.25, 0.3) is 0 Å². The molecule has 0 saturated carbocycles. The van der Waals surface area contributed by atoms with Gasteiger partial charge in [-0.05, 0) is 60.6 Å². The van der Waals surface area contributed by atoms with E-state index in [0.29, 0.717) is 30.1 Å². The normalized spacial score (nSPS) is 14.3. The lowest BCUT2D eigenvalue weighted by Crippen LogP contribution is -2.39. The molecule has 0 aromatic heterocycles. The van der Waals surface area contributed by atoms with E-state index in [4.69, 9.17) is 23.8 Å². The lowest BCUT2D eigenvalue weighted by atomic mass is 10.0. The molecule has 158 valence electrons. The van der Waals surface area contributed by atoms with Gasteiger partial charge in [-0.15, -0.1) is 0 Å². The summed E-state index contributed by atoms with van der Waals surface area (Å²) < 4.78 is 27.3. The molecule has 30 heavy (non-hydrogen) atoms. The molecular formula is C20H21ClN4O3S2. The summed E-state index contributed by atoms with van der Waals surface area (Å²) in [6.45, 7) is 2.52. The first kappa shape index (κ1) is 22.2. The Morgan fingerprint density at radius 1 is 1.13 bits per heavy atom. The van der Waals surface area contributed by atoms with Crippen LogP contribution in [0.4, 0.5) is 5.69 Å². The second-order valence-corrected chi connectivity index (χ2v) is 9.14. The molecule has 1 aliphatic rings. The van der Waals surface area contributed by atoms with Crippen molar-refractivity contribution in [2.24, 2.45) is 5.10 Å². The highest BCUT2D eigenvalue weighted by atomic mass is 35.5. The van der Waals surface area contributed by atoms with Crippen molar-refractivity contribution in [3.8, 4) is 0 Å². The van der Waals surface area contributed by atoms with Gasteiger partial charge in [-0.2, -0.15) is 5.10 Å². The molecule has 0 aliphatic carbocycles. The summed E-state index contributed by atoms with van der Waals surface area (Å²) in [5, 5.41) is 9.25. The van der Waals surface area contributed by atoms with Crippen molar-refractivity contribution in [1.29, 1.82) is 0 Å². The third kappa shape index (κ3) is 5.35. The molecule has 0 atom stereocenters. The average molecular weight is 465 g/mol. The predicted octanol–water partition coefficient (Wildman–Crippen LogP) is 3.43. The summed E-state index contributed by atoms with van der Waals surface area (Å²) >= 11 is 10.9. The molecule has 2 N–H and O–H groups in total. The van der Waals surface area contributed by atoms with E-state index in [1.165, 1.54) is 17.1 Å². The Kier molecular flexibility index (Phi) is 7.06. The molecule has 1 aliphatic heterocycles. The zero-order chi connectivity index (χ0) is 21.7. The summed E-state index contributed by atoms with van der Waals surface area (Å²) in [4.78, 5) is 12.4. The van der Waals surface area contributed by atoms with Crippen LogP contribution in [0.1, 0.15) is 31.7 Å². The number of thiocarbonyl (C=S) groups is 1. The topological polar surface area (TPSA) is 90.9 Å². The Morgan fingerprint density at radius 3 is 2.43 bits per heavy atom. The first-order chi connectivity index (χ1) is 14.3. The number of sulfonamides is 1. The van der Waals surface area contributed by atoms with Gasteiger partial charge in [0.1, 0.15) is 0 Å². The van der Waals surface area contributed by atoms with E-state index in [-0.39, 0.29) is 15.9 Å². The van der Waals surface area contributed by atoms with E-state index in [9.17, 15) is 13.2 Å². The fourth-order valence-electron chi connectivity index (χ4n) is 2.83. The van der Waals surface area contributed by atoms with Crippen molar-refractivity contribution in [2.75, 3.05) is 11.6 Å². The Labute approximate surface area is 186 Å². The molecule has 2 aromatic carbocycles. The van der Waals surface area contributed by atoms with E-state index in [0.717, 1.165) is 17.7 Å². The number of nitrogens with zero attached hydrogens (tertiary/aromatic N) is 2. The molecule has 10 heteroatoms. The largest absolute Gasteiger partial charge is 0.362 e. The minimum absolute atomic E-state index is 0.0401. The van der Waals surface area contributed by atoms with Gasteiger partial charge in [0.2, 0.25) is 5.91 Å². The quantitative estimate of drug-likeness (QED) is 0.639. The Morgan fingerprint density at radius 2 is 1.80 bits per heavy atom. The molecule has 0 radical (unpaired) electrons. The van der Waals surface area contributed by atoms with Crippen LogP contribution < -0.4 is 15.0 Å². The van der Waals surface area contributed by atoms with Crippen molar-refractivity contribution < 1.29 is 13.2 Å². The number of halogens is 1. The van der Waals surface area contributed by atoms with Crippen molar-refractivity contribution in [3.05, 3.63) is 59.1 Å². The molecule has 1 heterocycles. The summed E-state index contributed by atoms with van der Waals surface area (Å²) in [5.74, 6) is -0.161. The second kappa shape index (κ2) is 9.55. The lowest BCUT2D eigenvalue weighted by Gasteiger charge is -2.24. The number of hydrogen-bond donors (Lipinski definition) is 2. The molecule has 0 bridgehead atoms. The number of carbonyl (C=O) groups is 1. The Balaban J connectivity index is 1.80. The van der Waals surface area contributed by atoms with Gasteiger partial charge in [0.25, 0.3) is 10.0 Å². The van der Waals surface area contributed by atoms with Gasteiger partial charge >= 0.3 is 0 Å². The monoisotopic (exact) mass is 464 g/mol. The van der Waals surface area contributed by atoms with Gasteiger partial charge < -0.3 is 5.32 Å². The average Bonchev–Trinajstić information content (AvgIpc) is 2.73. The number of rotatable bonds is 6. The predicted molar refractivity (Wildman–Crippen MR) is 122 cm³/mol. The molecular weight excluding hydrogens is 444 g/mol. The van der Waals surface area contributed by atoms with Gasteiger partial charge in [0.05, 0.1) is 16.3 Å². The van der Waals surface area contributed by atoms with E-state index < -0.39 is 10.0 Å². The van der Waals surface area contributed by atoms with Crippen LogP contribution in [0.15, 0.2) is 58.5 Å². The van der Waals surface area contributed by atoms with Gasteiger partial charge in [-0.25, -0.2) is 13.4 Å². The molecule has 1 amide bonds. The number of nitrogens with one attached hydrogen (secondary N) is 2. The van der Waals surface area contributed by atoms with E-state index >= 15 is 0 Å². The zero-order valence-corrected chi connectivity index (χ0v) is 18.6. The van der Waals surface area contributed by atoms with Crippen LogP contribution in [0.5, 0.6) is 0 Å². The second-order valence-electron chi connectivity index (χ2n) is 6.61. The molecule has 3 rings (SSSR count). The van der Waals surface area contributed by atoms with Crippen LogP contribution in [0, 0.1) is 0 Å². The van der Waals surface area contributed by atoms with Crippen molar-refractivity contribution in [2.45, 2.75) is 31.1 Å². The van der Waals surface area contributed by atoms with Crippen molar-refractivity contribution in [3.63, 3.8) is 0 Å². The maximum atomic E-state index is 12.5. The van der Waals surface area contributed by atoms with Crippen LogP contribution in [0.2, 0.25) is 5.02 Å². The SMILES string of the molecule is CCCNC(=S)NS(=O)(=O)c1ccc(N2N=C(c3ccc(Cl)cc3)CCC2=O)cc1. The Hall–Kier alpha value is -2.49. The molecule has 7 nitrogen and oxygen atoms in total. The maximum absolute atomic E-state index is 12.5. The maximum Gasteiger partial charge on any atom is 0.263 e. The fraction of sp³-hybridized carbons (Fsp3) is 0.250. The number of hydrazone groups is 1. The van der Waals surface area contributed by atoms with E-state index in [1.54, 1.807) is 24.3 Å². The summed E-state index contributed by atoms with van der Waals surface area (Å²) in [6, 6.07) is 13.2. The highest BCUT2D eigenvalue weighted by Crippen LogP contribution is 2.24. The van der Waals surface area contributed by atoms with Gasteiger partial charge in [0.15, 0.2) is 5.11 Å². The molecule has 0 fully saturated rings. The fourth-order valence-corrected chi connectivity index (χ4v) is 4.31. The first-order valence-corrected chi connectivity index (χ1v) is 11.6. The van der Waals surface area contributed by atoms with E-state index in [2.05, 4.69) is 15.1 Å². The summed E-state index contributed by atoms with van der Waals surface area (Å²) in [6.07, 6.45) is 1.65. The third-order valence-corrected chi connectivity index (χ3v) is 6.36. The first-order valence-electron chi connectivity index (χ1n) is 9.37. The molecule has 0 saturated heterocycles. The third-order valence-electron chi connectivity index (χ3n) is 4.36. The number of benzene rings is 2. The number of amides is 1. The van der Waals surface area contributed by atoms with Crippen molar-refractivity contribution >= 4 is 56.3 Å². The van der Waals surface area contributed by atoms with Crippen LogP contribution >= 0.6 is 23.8 Å². The van der Waals surface area contributed by atoms with E-state index in [1.807, 2.05) is 19.1 Å². The minimum atomic E-state index is -3.81. The van der Waals surface area contributed by atoms with Crippen molar-refractivity contribution in [1.82, 2.24) is 10.0 Å². The minimum Gasteiger partial charge on any atom is -0.362 e. The summed E-state index contributed by atoms with van der Waals surface area (Å²) in [7, 11) is -3.81. The van der Waals surface area contributed by atoms with Gasteiger partial charge in [0, 0.05) is 24.4 Å². The van der Waals surface area contributed by atoms with Crippen LogP contribution in [-0.2, 0) is 14.8 Å². The smallest absolute Gasteiger partial charge is 0.263 e. The Bertz CT molecular complexity index is 1070. The lowest BCUT2D eigenvalue weighted by molar-refractivity contribution is -0.118. The van der Waals surface area contributed by atoms with Crippen LogP contribution in [-0.4, -0.2) is 31.7 Å². The standard InChI is InChI=1S/C20H21ClN4O3S2/c1-2-13-22-20(29)24-30(27,28)17-9-7-16(8-10-17)25-19(26)12-11-18(23-25)14-3-5-15(21)6-4-14/h3-10H,2,11-13H2,1H3,(H2,22,24,29). The number of anilines is 1. The number of carbonyl (C=O) groups excluding carboxylic acids is 1. The summed E-state index contributed by atoms with van der Waals surface area (Å²) in [5.41, 5.74) is 2.13. The molecule has 0 unspecified atom stereocenters. The highest BCUT2D eigenvalue weighted by Gasteiger charge is 2.23. The molecule has 2 aromatic rings. The number of hydrogen-bond acceptors (Lipinski definition) is 5.